The van der Waals surface area contributed by atoms with E-state index in [-0.39, 0.29) is 11.8 Å². The van der Waals surface area contributed by atoms with E-state index in [9.17, 15) is 8.42 Å². The zero-order chi connectivity index (χ0) is 13.0. The molecule has 0 radical (unpaired) electrons. The number of nitrogens with one attached hydrogen (secondary N) is 1. The van der Waals surface area contributed by atoms with Gasteiger partial charge in [0.2, 0.25) is 10.0 Å². The molecule has 1 aliphatic rings. The van der Waals surface area contributed by atoms with E-state index in [1.165, 1.54) is 0 Å². The normalized spacial score (nSPS) is 16.6. The Labute approximate surface area is 108 Å². The highest BCUT2D eigenvalue weighted by Crippen LogP contribution is 2.24. The van der Waals surface area contributed by atoms with Crippen molar-refractivity contribution in [1.82, 2.24) is 4.72 Å². The lowest BCUT2D eigenvalue weighted by atomic mass is 10.1. The summed E-state index contributed by atoms with van der Waals surface area (Å²) in [6.07, 6.45) is 3.51. The molecule has 1 saturated carbocycles. The van der Waals surface area contributed by atoms with E-state index < -0.39 is 10.0 Å². The highest BCUT2D eigenvalue weighted by atomic mass is 32.2. The minimum Gasteiger partial charge on any atom is -0.212 e. The molecule has 0 aromatic heterocycles. The first-order chi connectivity index (χ1) is 8.62. The van der Waals surface area contributed by atoms with Gasteiger partial charge < -0.3 is 0 Å². The Bertz CT molecular complexity index is 555. The summed E-state index contributed by atoms with van der Waals surface area (Å²) in [4.78, 5) is 0. The highest BCUT2D eigenvalue weighted by Gasteiger charge is 2.28. The van der Waals surface area contributed by atoms with E-state index in [4.69, 9.17) is 5.26 Å². The second kappa shape index (κ2) is 5.51. The molecular weight excluding hydrogens is 248 g/mol. The first-order valence-corrected chi connectivity index (χ1v) is 7.64. The van der Waals surface area contributed by atoms with Crippen LogP contribution in [0, 0.1) is 11.3 Å². The minimum absolute atomic E-state index is 0.239. The summed E-state index contributed by atoms with van der Waals surface area (Å²) in [6, 6.07) is 9.03. The maximum absolute atomic E-state index is 12.0. The lowest BCUT2D eigenvalue weighted by molar-refractivity contribution is 0.564. The van der Waals surface area contributed by atoms with Gasteiger partial charge >= 0.3 is 0 Å². The molecule has 2 rings (SSSR count). The number of nitriles is 1. The first-order valence-electron chi connectivity index (χ1n) is 6.09. The van der Waals surface area contributed by atoms with Gasteiger partial charge in [-0.3, -0.25) is 0 Å². The Morgan fingerprint density at radius 2 is 2.06 bits per heavy atom. The Kier molecular flexibility index (Phi) is 4.00. The molecule has 1 fully saturated rings. The lowest BCUT2D eigenvalue weighted by Gasteiger charge is -2.12. The average molecular weight is 264 g/mol. The third-order valence-electron chi connectivity index (χ3n) is 3.27. The minimum atomic E-state index is -3.21. The van der Waals surface area contributed by atoms with Crippen molar-refractivity contribution in [2.45, 2.75) is 37.5 Å². The molecule has 1 N–H and O–H groups in total. The van der Waals surface area contributed by atoms with Crippen LogP contribution in [-0.4, -0.2) is 13.7 Å². The number of sulfonamides is 1. The Balaban J connectivity index is 2.00. The van der Waals surface area contributed by atoms with Crippen LogP contribution in [0.4, 0.5) is 0 Å². The van der Waals surface area contributed by atoms with E-state index in [1.807, 2.05) is 12.1 Å². The quantitative estimate of drug-likeness (QED) is 0.903. The fourth-order valence-corrected chi connectivity index (χ4v) is 3.81. The van der Waals surface area contributed by atoms with Crippen LogP contribution in [0.25, 0.3) is 0 Å². The van der Waals surface area contributed by atoms with Crippen LogP contribution in [0.1, 0.15) is 36.8 Å². The van der Waals surface area contributed by atoms with Crippen molar-refractivity contribution in [1.29, 1.82) is 5.26 Å². The molecule has 5 heteroatoms. The second-order valence-corrected chi connectivity index (χ2v) is 6.63. The highest BCUT2D eigenvalue weighted by molar-refractivity contribution is 7.90. The third kappa shape index (κ3) is 3.09. The van der Waals surface area contributed by atoms with Crippen LogP contribution in [-0.2, 0) is 16.6 Å². The van der Waals surface area contributed by atoms with Crippen LogP contribution in [0.15, 0.2) is 24.3 Å². The van der Waals surface area contributed by atoms with E-state index >= 15 is 0 Å². The number of hydrogen-bond acceptors (Lipinski definition) is 3. The van der Waals surface area contributed by atoms with E-state index in [0.29, 0.717) is 5.56 Å². The molecule has 0 atom stereocenters. The number of benzene rings is 1. The van der Waals surface area contributed by atoms with E-state index in [2.05, 4.69) is 4.72 Å². The molecule has 0 spiro atoms. The van der Waals surface area contributed by atoms with E-state index in [0.717, 1.165) is 31.2 Å². The smallest absolute Gasteiger partial charge is 0.212 e. The topological polar surface area (TPSA) is 70.0 Å². The number of hydrogen-bond donors (Lipinski definition) is 1. The summed E-state index contributed by atoms with van der Waals surface area (Å²) in [5, 5.41) is 8.53. The Morgan fingerprint density at radius 1 is 1.33 bits per heavy atom. The van der Waals surface area contributed by atoms with Crippen molar-refractivity contribution in [3.8, 4) is 6.07 Å². The van der Waals surface area contributed by atoms with Crippen LogP contribution in [0.2, 0.25) is 0 Å². The SMILES string of the molecule is N#Cc1cccc(CNS(=O)(=O)C2CCCC2)c1. The average Bonchev–Trinajstić information content (AvgIpc) is 2.91. The monoisotopic (exact) mass is 264 g/mol. The largest absolute Gasteiger partial charge is 0.214 e. The summed E-state index contributed by atoms with van der Waals surface area (Å²) < 4.78 is 26.6. The molecule has 1 aliphatic carbocycles. The second-order valence-electron chi connectivity index (χ2n) is 4.58. The lowest BCUT2D eigenvalue weighted by Crippen LogP contribution is -2.32. The van der Waals surface area contributed by atoms with E-state index in [1.54, 1.807) is 18.2 Å². The van der Waals surface area contributed by atoms with Crippen LogP contribution in [0.5, 0.6) is 0 Å². The molecule has 0 heterocycles. The van der Waals surface area contributed by atoms with Crippen molar-refractivity contribution in [2.75, 3.05) is 0 Å². The summed E-state index contributed by atoms with van der Waals surface area (Å²) in [7, 11) is -3.21. The van der Waals surface area contributed by atoms with Crippen molar-refractivity contribution in [3.05, 3.63) is 35.4 Å². The van der Waals surface area contributed by atoms with Gasteiger partial charge in [-0.15, -0.1) is 0 Å². The standard InChI is InChI=1S/C13H16N2O2S/c14-9-11-4-3-5-12(8-11)10-15-18(16,17)13-6-1-2-7-13/h3-5,8,13,15H,1-2,6-7,10H2. The summed E-state index contributed by atoms with van der Waals surface area (Å²) in [5.74, 6) is 0. The number of rotatable bonds is 4. The van der Waals surface area contributed by atoms with Crippen LogP contribution in [0.3, 0.4) is 0 Å². The molecule has 0 unspecified atom stereocenters. The van der Waals surface area contributed by atoms with Gasteiger partial charge in [-0.05, 0) is 30.5 Å². The molecule has 18 heavy (non-hydrogen) atoms. The zero-order valence-electron chi connectivity index (χ0n) is 10.1. The Hall–Kier alpha value is -1.38. The predicted molar refractivity (Wildman–Crippen MR) is 69.2 cm³/mol. The molecule has 1 aromatic carbocycles. The van der Waals surface area contributed by atoms with Gasteiger partial charge in [0.15, 0.2) is 0 Å². The van der Waals surface area contributed by atoms with Crippen LogP contribution >= 0.6 is 0 Å². The fourth-order valence-electron chi connectivity index (χ4n) is 2.25. The molecule has 96 valence electrons. The summed E-state index contributed by atoms with van der Waals surface area (Å²) in [5.41, 5.74) is 1.36. The summed E-state index contributed by atoms with van der Waals surface area (Å²) in [6.45, 7) is 0.258. The molecular formula is C13H16N2O2S. The van der Waals surface area contributed by atoms with Gasteiger partial charge in [0.25, 0.3) is 0 Å². The summed E-state index contributed by atoms with van der Waals surface area (Å²) >= 11 is 0. The molecule has 1 aromatic rings. The molecule has 0 aliphatic heterocycles. The third-order valence-corrected chi connectivity index (χ3v) is 5.17. The molecule has 0 bridgehead atoms. The van der Waals surface area contributed by atoms with Gasteiger partial charge in [0.05, 0.1) is 16.9 Å². The van der Waals surface area contributed by atoms with Gasteiger partial charge in [0, 0.05) is 6.54 Å². The fraction of sp³-hybridized carbons (Fsp3) is 0.462. The zero-order valence-corrected chi connectivity index (χ0v) is 10.9. The van der Waals surface area contributed by atoms with Gasteiger partial charge in [-0.2, -0.15) is 5.26 Å². The Morgan fingerprint density at radius 3 is 2.72 bits per heavy atom. The molecule has 0 amide bonds. The predicted octanol–water partition coefficient (Wildman–Crippen LogP) is 1.92. The van der Waals surface area contributed by atoms with Crippen molar-refractivity contribution in [3.63, 3.8) is 0 Å². The van der Waals surface area contributed by atoms with Crippen molar-refractivity contribution < 1.29 is 8.42 Å². The first kappa shape index (κ1) is 13.1. The number of nitrogens with zero attached hydrogens (tertiary/aromatic N) is 1. The van der Waals surface area contributed by atoms with Gasteiger partial charge in [0.1, 0.15) is 0 Å². The maximum atomic E-state index is 12.0. The van der Waals surface area contributed by atoms with Crippen molar-refractivity contribution >= 4 is 10.0 Å². The van der Waals surface area contributed by atoms with Gasteiger partial charge in [-0.25, -0.2) is 13.1 Å². The molecule has 4 nitrogen and oxygen atoms in total. The van der Waals surface area contributed by atoms with Crippen molar-refractivity contribution in [2.24, 2.45) is 0 Å². The van der Waals surface area contributed by atoms with Crippen LogP contribution < -0.4 is 4.72 Å². The van der Waals surface area contributed by atoms with Gasteiger partial charge in [-0.1, -0.05) is 25.0 Å². The maximum Gasteiger partial charge on any atom is 0.214 e. The molecule has 0 saturated heterocycles.